The van der Waals surface area contributed by atoms with Gasteiger partial charge in [0.05, 0.1) is 24.2 Å². The Morgan fingerprint density at radius 2 is 1.72 bits per heavy atom. The minimum absolute atomic E-state index is 0.117. The van der Waals surface area contributed by atoms with Crippen molar-refractivity contribution < 1.29 is 27.8 Å². The van der Waals surface area contributed by atoms with Crippen LogP contribution in [-0.4, -0.2) is 45.1 Å². The molecular weight excluding hydrogens is 423 g/mol. The number of piperidine rings is 1. The van der Waals surface area contributed by atoms with E-state index in [0.29, 0.717) is 31.5 Å². The predicted octanol–water partition coefficient (Wildman–Crippen LogP) is 4.28. The van der Waals surface area contributed by atoms with Gasteiger partial charge in [-0.1, -0.05) is 18.2 Å². The molecule has 0 aliphatic carbocycles. The quantitative estimate of drug-likeness (QED) is 0.637. The van der Waals surface area contributed by atoms with Gasteiger partial charge in [-0.25, -0.2) is 4.68 Å². The average molecular weight is 445 g/mol. The van der Waals surface area contributed by atoms with Crippen LogP contribution in [0.2, 0.25) is 0 Å². The molecule has 1 N–H and O–H groups in total. The zero-order valence-electron chi connectivity index (χ0n) is 17.1. The molecule has 2 aromatic carbocycles. The van der Waals surface area contributed by atoms with Crippen molar-refractivity contribution in [1.82, 2.24) is 14.7 Å². The number of carbonyl (C=O) groups excluding carboxylic acids is 1. The van der Waals surface area contributed by atoms with Gasteiger partial charge in [-0.3, -0.25) is 4.79 Å². The van der Waals surface area contributed by atoms with E-state index < -0.39 is 6.36 Å². The molecule has 0 spiro atoms. The zero-order valence-corrected chi connectivity index (χ0v) is 17.1. The van der Waals surface area contributed by atoms with Gasteiger partial charge in [-0.15, -0.1) is 13.2 Å². The SMILES string of the molecule is O=C(c1ccc(OC(F)(F)F)cc1)N1CCC(c2c(CO)cnn2-c2ccccc2)CC1. The Bertz CT molecular complexity index is 1060. The number of amides is 1. The maximum Gasteiger partial charge on any atom is 0.573 e. The molecule has 4 rings (SSSR count). The largest absolute Gasteiger partial charge is 0.573 e. The highest BCUT2D eigenvalue weighted by Gasteiger charge is 2.32. The number of nitrogens with zero attached hydrogens (tertiary/aromatic N) is 3. The number of rotatable bonds is 5. The normalized spacial score (nSPS) is 15.1. The molecule has 2 heterocycles. The number of aliphatic hydroxyl groups excluding tert-OH is 1. The van der Waals surface area contributed by atoms with Crippen LogP contribution in [0.15, 0.2) is 60.8 Å². The first-order valence-electron chi connectivity index (χ1n) is 10.2. The van der Waals surface area contributed by atoms with E-state index in [9.17, 15) is 23.1 Å². The van der Waals surface area contributed by atoms with E-state index in [-0.39, 0.29) is 24.2 Å². The Labute approximate surface area is 182 Å². The molecule has 0 saturated carbocycles. The van der Waals surface area contributed by atoms with Crippen LogP contribution in [0.4, 0.5) is 13.2 Å². The van der Waals surface area contributed by atoms with Crippen molar-refractivity contribution in [2.24, 2.45) is 0 Å². The van der Waals surface area contributed by atoms with E-state index in [1.165, 1.54) is 12.1 Å². The maximum atomic E-state index is 12.8. The third-order valence-corrected chi connectivity index (χ3v) is 5.56. The monoisotopic (exact) mass is 445 g/mol. The Morgan fingerprint density at radius 1 is 1.06 bits per heavy atom. The van der Waals surface area contributed by atoms with Crippen molar-refractivity contribution >= 4 is 5.91 Å². The third-order valence-electron chi connectivity index (χ3n) is 5.56. The third kappa shape index (κ3) is 4.77. The molecule has 3 aromatic rings. The molecule has 1 saturated heterocycles. The average Bonchev–Trinajstić information content (AvgIpc) is 3.23. The van der Waals surface area contributed by atoms with Gasteiger partial charge >= 0.3 is 6.36 Å². The van der Waals surface area contributed by atoms with E-state index in [1.54, 1.807) is 11.1 Å². The lowest BCUT2D eigenvalue weighted by molar-refractivity contribution is -0.274. The number of ether oxygens (including phenoxy) is 1. The lowest BCUT2D eigenvalue weighted by Gasteiger charge is -2.33. The van der Waals surface area contributed by atoms with E-state index in [1.807, 2.05) is 35.0 Å². The Morgan fingerprint density at radius 3 is 2.31 bits per heavy atom. The first-order chi connectivity index (χ1) is 15.4. The minimum Gasteiger partial charge on any atom is -0.406 e. The summed E-state index contributed by atoms with van der Waals surface area (Å²) < 4.78 is 42.6. The Balaban J connectivity index is 1.45. The lowest BCUT2D eigenvalue weighted by atomic mass is 9.90. The van der Waals surface area contributed by atoms with Crippen LogP contribution in [-0.2, 0) is 6.61 Å². The summed E-state index contributed by atoms with van der Waals surface area (Å²) in [6.45, 7) is 0.873. The number of alkyl halides is 3. The molecule has 0 bridgehead atoms. The minimum atomic E-state index is -4.77. The van der Waals surface area contributed by atoms with Gasteiger partial charge in [0.25, 0.3) is 5.91 Å². The number of hydrogen-bond donors (Lipinski definition) is 1. The Hall–Kier alpha value is -3.33. The van der Waals surface area contributed by atoms with Gasteiger partial charge in [0.2, 0.25) is 0 Å². The summed E-state index contributed by atoms with van der Waals surface area (Å²) in [6.07, 6.45) is -1.73. The van der Waals surface area contributed by atoms with Crippen LogP contribution in [0.3, 0.4) is 0 Å². The predicted molar refractivity (Wildman–Crippen MR) is 110 cm³/mol. The molecule has 0 radical (unpaired) electrons. The molecule has 1 aromatic heterocycles. The van der Waals surface area contributed by atoms with Gasteiger partial charge in [0.1, 0.15) is 5.75 Å². The van der Waals surface area contributed by atoms with Crippen LogP contribution in [0, 0.1) is 0 Å². The highest BCUT2D eigenvalue weighted by Crippen LogP contribution is 2.33. The molecule has 1 aliphatic rings. The second-order valence-electron chi connectivity index (χ2n) is 7.60. The summed E-state index contributed by atoms with van der Waals surface area (Å²) >= 11 is 0. The van der Waals surface area contributed by atoms with Crippen molar-refractivity contribution in [3.8, 4) is 11.4 Å². The fraction of sp³-hybridized carbons (Fsp3) is 0.304. The molecule has 32 heavy (non-hydrogen) atoms. The van der Waals surface area contributed by atoms with Crippen molar-refractivity contribution in [2.75, 3.05) is 13.1 Å². The lowest BCUT2D eigenvalue weighted by Crippen LogP contribution is -2.38. The first-order valence-corrected chi connectivity index (χ1v) is 10.2. The van der Waals surface area contributed by atoms with Crippen molar-refractivity contribution in [1.29, 1.82) is 0 Å². The van der Waals surface area contributed by atoms with Crippen LogP contribution in [0.5, 0.6) is 5.75 Å². The topological polar surface area (TPSA) is 67.6 Å². The Kier molecular flexibility index (Phi) is 6.18. The van der Waals surface area contributed by atoms with Gasteiger partial charge in [0, 0.05) is 30.1 Å². The van der Waals surface area contributed by atoms with Gasteiger partial charge in [-0.2, -0.15) is 5.10 Å². The number of carbonyl (C=O) groups is 1. The van der Waals surface area contributed by atoms with Crippen LogP contribution in [0.25, 0.3) is 5.69 Å². The number of hydrogen-bond acceptors (Lipinski definition) is 4. The fourth-order valence-corrected chi connectivity index (χ4v) is 4.06. The number of benzene rings is 2. The summed E-state index contributed by atoms with van der Waals surface area (Å²) in [7, 11) is 0. The summed E-state index contributed by atoms with van der Waals surface area (Å²) in [6, 6.07) is 14.6. The number of likely N-dealkylation sites (tertiary alicyclic amines) is 1. The first kappa shape index (κ1) is 21.9. The number of aliphatic hydroxyl groups is 1. The number of para-hydroxylation sites is 1. The maximum absolute atomic E-state index is 12.8. The summed E-state index contributed by atoms with van der Waals surface area (Å²) in [5.74, 6) is -0.481. The highest BCUT2D eigenvalue weighted by atomic mass is 19.4. The second kappa shape index (κ2) is 9.04. The summed E-state index contributed by atoms with van der Waals surface area (Å²) in [4.78, 5) is 14.5. The van der Waals surface area contributed by atoms with Gasteiger partial charge < -0.3 is 14.7 Å². The van der Waals surface area contributed by atoms with Gasteiger partial charge in [0.15, 0.2) is 0 Å². The molecule has 1 aliphatic heterocycles. The van der Waals surface area contributed by atoms with Gasteiger partial charge in [-0.05, 0) is 49.2 Å². The molecule has 6 nitrogen and oxygen atoms in total. The number of halogens is 3. The standard InChI is InChI=1S/C23H22F3N3O3/c24-23(25,26)32-20-8-6-17(7-9-20)22(31)28-12-10-16(11-13-28)21-18(15-30)14-27-29(21)19-4-2-1-3-5-19/h1-9,14,16,30H,10-13,15H2. The van der Waals surface area contributed by atoms with E-state index in [4.69, 9.17) is 0 Å². The zero-order chi connectivity index (χ0) is 22.7. The van der Waals surface area contributed by atoms with E-state index in [2.05, 4.69) is 9.84 Å². The molecule has 0 atom stereocenters. The number of aromatic nitrogens is 2. The van der Waals surface area contributed by atoms with Crippen LogP contribution >= 0.6 is 0 Å². The molecule has 1 fully saturated rings. The van der Waals surface area contributed by atoms with Crippen molar-refractivity contribution in [3.05, 3.63) is 77.6 Å². The molecule has 9 heteroatoms. The van der Waals surface area contributed by atoms with E-state index in [0.717, 1.165) is 29.1 Å². The smallest absolute Gasteiger partial charge is 0.406 e. The van der Waals surface area contributed by atoms with Crippen LogP contribution < -0.4 is 4.74 Å². The van der Waals surface area contributed by atoms with E-state index >= 15 is 0 Å². The molecule has 0 unspecified atom stereocenters. The summed E-state index contributed by atoms with van der Waals surface area (Å²) in [5, 5.41) is 14.2. The van der Waals surface area contributed by atoms with Crippen molar-refractivity contribution in [2.45, 2.75) is 31.7 Å². The van der Waals surface area contributed by atoms with Crippen LogP contribution in [0.1, 0.15) is 40.4 Å². The molecule has 168 valence electrons. The van der Waals surface area contributed by atoms with Crippen molar-refractivity contribution in [3.63, 3.8) is 0 Å². The summed E-state index contributed by atoms with van der Waals surface area (Å²) in [5.41, 5.74) is 2.92. The molecular formula is C23H22F3N3O3. The molecule has 1 amide bonds. The fourth-order valence-electron chi connectivity index (χ4n) is 4.06. The highest BCUT2D eigenvalue weighted by molar-refractivity contribution is 5.94. The second-order valence-corrected chi connectivity index (χ2v) is 7.60.